The quantitative estimate of drug-likeness (QED) is 0.295. The molecule has 0 spiro atoms. The summed E-state index contributed by atoms with van der Waals surface area (Å²) in [5.41, 5.74) is 1.86. The van der Waals surface area contributed by atoms with E-state index in [0.717, 1.165) is 0 Å². The molecule has 210 valence electrons. The molecule has 0 bridgehead atoms. The van der Waals surface area contributed by atoms with Crippen LogP contribution in [-0.2, 0) is 16.1 Å². The van der Waals surface area contributed by atoms with Crippen LogP contribution in [-0.4, -0.2) is 53.7 Å². The molecule has 0 unspecified atom stereocenters. The van der Waals surface area contributed by atoms with Crippen LogP contribution in [0.2, 0.25) is 0 Å². The fraction of sp³-hybridized carbons (Fsp3) is 0.333. The van der Waals surface area contributed by atoms with E-state index in [0.29, 0.717) is 46.0 Å². The van der Waals surface area contributed by atoms with Crippen molar-refractivity contribution in [3.8, 4) is 17.2 Å². The van der Waals surface area contributed by atoms with Crippen molar-refractivity contribution in [1.29, 1.82) is 0 Å². The maximum absolute atomic E-state index is 14.3. The summed E-state index contributed by atoms with van der Waals surface area (Å²) < 4.78 is 17.9. The third-order valence-corrected chi connectivity index (χ3v) is 6.90. The Bertz CT molecular complexity index is 1480. The number of fused-ring (bicyclic) bond motifs is 1. The number of amides is 2. The van der Waals surface area contributed by atoms with Gasteiger partial charge in [0, 0.05) is 11.6 Å². The number of carbonyl (C=O) groups is 2. The van der Waals surface area contributed by atoms with Crippen LogP contribution in [0.15, 0.2) is 66.7 Å². The maximum atomic E-state index is 14.3. The lowest BCUT2D eigenvalue weighted by atomic mass is 9.98. The highest BCUT2D eigenvalue weighted by Crippen LogP contribution is 2.38. The van der Waals surface area contributed by atoms with Crippen LogP contribution in [0.3, 0.4) is 0 Å². The molecule has 0 saturated carbocycles. The Morgan fingerprint density at radius 2 is 1.62 bits per heavy atom. The first-order chi connectivity index (χ1) is 19.2. The van der Waals surface area contributed by atoms with Crippen molar-refractivity contribution < 1.29 is 23.8 Å². The topological polar surface area (TPSA) is 108 Å². The lowest BCUT2D eigenvalue weighted by Gasteiger charge is -2.35. The monoisotopic (exact) mass is 545 g/mol. The molecule has 1 aromatic heterocycles. The first-order valence-electron chi connectivity index (χ1n) is 13.0. The molecule has 3 aromatic carbocycles. The van der Waals surface area contributed by atoms with E-state index >= 15 is 0 Å². The molecule has 2 amide bonds. The SMILES string of the molecule is CCC(C)(C)NC(=O)[C@@H](c1ccc(OC)cc1)N(C(=O)Cn1nnc2ccccc21)c1ccc(OC)cc1OC. The molecule has 0 aliphatic heterocycles. The second-order valence-electron chi connectivity index (χ2n) is 9.94. The van der Waals surface area contributed by atoms with E-state index < -0.39 is 11.6 Å². The highest BCUT2D eigenvalue weighted by molar-refractivity contribution is 6.02. The van der Waals surface area contributed by atoms with Gasteiger partial charge in [-0.1, -0.05) is 36.4 Å². The van der Waals surface area contributed by atoms with E-state index in [2.05, 4.69) is 15.6 Å². The molecule has 0 aliphatic carbocycles. The number of anilines is 1. The minimum atomic E-state index is -1.04. The molecule has 10 nitrogen and oxygen atoms in total. The molecule has 0 radical (unpaired) electrons. The van der Waals surface area contributed by atoms with Gasteiger partial charge in [0.1, 0.15) is 35.4 Å². The zero-order valence-corrected chi connectivity index (χ0v) is 23.7. The predicted molar refractivity (Wildman–Crippen MR) is 153 cm³/mol. The van der Waals surface area contributed by atoms with Crippen LogP contribution < -0.4 is 24.4 Å². The van der Waals surface area contributed by atoms with E-state index in [4.69, 9.17) is 14.2 Å². The molecule has 0 saturated heterocycles. The third-order valence-electron chi connectivity index (χ3n) is 6.90. The Balaban J connectivity index is 1.89. The van der Waals surface area contributed by atoms with Crippen LogP contribution in [0.25, 0.3) is 11.0 Å². The second-order valence-corrected chi connectivity index (χ2v) is 9.94. The molecule has 0 aliphatic rings. The van der Waals surface area contributed by atoms with Crippen molar-refractivity contribution in [3.63, 3.8) is 0 Å². The van der Waals surface area contributed by atoms with E-state index in [1.54, 1.807) is 56.7 Å². The van der Waals surface area contributed by atoms with E-state index in [1.165, 1.54) is 16.7 Å². The maximum Gasteiger partial charge on any atom is 0.249 e. The number of hydrogen-bond donors (Lipinski definition) is 1. The van der Waals surface area contributed by atoms with Gasteiger partial charge < -0.3 is 19.5 Å². The number of para-hydroxylation sites is 1. The third kappa shape index (κ3) is 6.01. The molecule has 4 aromatic rings. The van der Waals surface area contributed by atoms with Gasteiger partial charge in [0.25, 0.3) is 0 Å². The summed E-state index contributed by atoms with van der Waals surface area (Å²) in [5.74, 6) is 0.826. The van der Waals surface area contributed by atoms with Gasteiger partial charge in [-0.15, -0.1) is 5.10 Å². The van der Waals surface area contributed by atoms with Crippen LogP contribution >= 0.6 is 0 Å². The molecule has 1 atom stereocenters. The number of ether oxygens (including phenoxy) is 3. The fourth-order valence-corrected chi connectivity index (χ4v) is 4.33. The summed E-state index contributed by atoms with van der Waals surface area (Å²) in [6.07, 6.45) is 0.693. The average molecular weight is 546 g/mol. The summed E-state index contributed by atoms with van der Waals surface area (Å²) >= 11 is 0. The average Bonchev–Trinajstić information content (AvgIpc) is 3.37. The zero-order chi connectivity index (χ0) is 28.9. The van der Waals surface area contributed by atoms with Crippen molar-refractivity contribution in [2.24, 2.45) is 0 Å². The van der Waals surface area contributed by atoms with Crippen molar-refractivity contribution >= 4 is 28.5 Å². The van der Waals surface area contributed by atoms with E-state index in [9.17, 15) is 9.59 Å². The van der Waals surface area contributed by atoms with Crippen LogP contribution in [0, 0.1) is 0 Å². The molecule has 1 heterocycles. The van der Waals surface area contributed by atoms with Gasteiger partial charge >= 0.3 is 0 Å². The van der Waals surface area contributed by atoms with Crippen LogP contribution in [0.1, 0.15) is 38.8 Å². The highest BCUT2D eigenvalue weighted by Gasteiger charge is 2.37. The number of benzene rings is 3. The molecule has 40 heavy (non-hydrogen) atoms. The Kier molecular flexibility index (Phi) is 8.57. The minimum absolute atomic E-state index is 0.160. The first kappa shape index (κ1) is 28.4. The summed E-state index contributed by atoms with van der Waals surface area (Å²) in [6, 6.07) is 18.6. The normalized spacial score (nSPS) is 12.1. The standard InChI is InChI=1S/C30H35N5O5/c1-7-30(2,3)31-29(37)28(20-12-14-21(38-4)15-13-20)35(25-17-16-22(39-5)18-26(25)40-6)27(36)19-34-24-11-9-8-10-23(24)32-33-34/h8-18,28H,7,19H2,1-6H3,(H,31,37)/t28-/m1/s1. The van der Waals surface area contributed by atoms with Crippen molar-refractivity contribution in [2.75, 3.05) is 26.2 Å². The van der Waals surface area contributed by atoms with Gasteiger partial charge in [0.15, 0.2) is 0 Å². The van der Waals surface area contributed by atoms with Gasteiger partial charge in [0.05, 0.1) is 32.5 Å². The number of nitrogens with one attached hydrogen (secondary N) is 1. The van der Waals surface area contributed by atoms with Crippen molar-refractivity contribution in [3.05, 3.63) is 72.3 Å². The lowest BCUT2D eigenvalue weighted by molar-refractivity contribution is -0.128. The summed E-state index contributed by atoms with van der Waals surface area (Å²) in [5, 5.41) is 11.5. The minimum Gasteiger partial charge on any atom is -0.497 e. The van der Waals surface area contributed by atoms with Gasteiger partial charge in [-0.2, -0.15) is 0 Å². The second kappa shape index (κ2) is 12.1. The summed E-state index contributed by atoms with van der Waals surface area (Å²) in [6.45, 7) is 5.72. The van der Waals surface area contributed by atoms with E-state index in [-0.39, 0.29) is 18.4 Å². The Labute approximate surface area is 233 Å². The Hall–Kier alpha value is -4.60. The van der Waals surface area contributed by atoms with Gasteiger partial charge in [-0.3, -0.25) is 14.5 Å². The summed E-state index contributed by atoms with van der Waals surface area (Å²) in [7, 11) is 4.63. The molecular weight excluding hydrogens is 510 g/mol. The smallest absolute Gasteiger partial charge is 0.249 e. The number of rotatable bonds is 11. The summed E-state index contributed by atoms with van der Waals surface area (Å²) in [4.78, 5) is 29.8. The number of aromatic nitrogens is 3. The van der Waals surface area contributed by atoms with Gasteiger partial charge in [-0.05, 0) is 62.2 Å². The molecular formula is C30H35N5O5. The van der Waals surface area contributed by atoms with Crippen LogP contribution in [0.5, 0.6) is 17.2 Å². The molecule has 10 heteroatoms. The number of carbonyl (C=O) groups excluding carboxylic acids is 2. The zero-order valence-electron chi connectivity index (χ0n) is 23.7. The first-order valence-corrected chi connectivity index (χ1v) is 13.0. The predicted octanol–water partition coefficient (Wildman–Crippen LogP) is 4.54. The molecule has 0 fully saturated rings. The van der Waals surface area contributed by atoms with Gasteiger partial charge in [-0.25, -0.2) is 4.68 Å². The number of methoxy groups -OCH3 is 3. The molecule has 4 rings (SSSR count). The van der Waals surface area contributed by atoms with E-state index in [1.807, 2.05) is 45.0 Å². The van der Waals surface area contributed by atoms with Crippen LogP contribution in [0.4, 0.5) is 5.69 Å². The van der Waals surface area contributed by atoms with Crippen molar-refractivity contribution in [2.45, 2.75) is 45.3 Å². The fourth-order valence-electron chi connectivity index (χ4n) is 4.33. The van der Waals surface area contributed by atoms with Crippen molar-refractivity contribution in [1.82, 2.24) is 20.3 Å². The lowest BCUT2D eigenvalue weighted by Crippen LogP contribution is -2.51. The van der Waals surface area contributed by atoms with Gasteiger partial charge in [0.2, 0.25) is 11.8 Å². The Morgan fingerprint density at radius 3 is 2.27 bits per heavy atom. The number of nitrogens with zero attached hydrogens (tertiary/aromatic N) is 4. The highest BCUT2D eigenvalue weighted by atomic mass is 16.5. The molecule has 1 N–H and O–H groups in total. The largest absolute Gasteiger partial charge is 0.497 e. The Morgan fingerprint density at radius 1 is 0.950 bits per heavy atom. The number of hydrogen-bond acceptors (Lipinski definition) is 7.